The first-order chi connectivity index (χ1) is 11.8. The highest BCUT2D eigenvalue weighted by atomic mass is 16.2. The van der Waals surface area contributed by atoms with Crippen LogP contribution in [0.3, 0.4) is 0 Å². The number of carbonyl (C=O) groups is 1. The maximum atomic E-state index is 12.3. The molecule has 0 unspecified atom stereocenters. The van der Waals surface area contributed by atoms with E-state index in [1.54, 1.807) is 36.7 Å². The number of nitrogens with one attached hydrogen (secondary N) is 2. The minimum Gasteiger partial charge on any atom is -0.361 e. The summed E-state index contributed by atoms with van der Waals surface area (Å²) in [5.74, 6) is -0.150. The van der Waals surface area contributed by atoms with Crippen molar-refractivity contribution in [3.8, 4) is 6.07 Å². The predicted octanol–water partition coefficient (Wildman–Crippen LogP) is 3.51. The van der Waals surface area contributed by atoms with Crippen LogP contribution in [0.25, 0.3) is 16.5 Å². The van der Waals surface area contributed by atoms with Crippen LogP contribution in [-0.2, 0) is 4.79 Å². The predicted molar refractivity (Wildman–Crippen MR) is 93.1 cm³/mol. The Labute approximate surface area is 138 Å². The molecule has 3 aromatic rings. The zero-order chi connectivity index (χ0) is 16.5. The van der Waals surface area contributed by atoms with Gasteiger partial charge in [-0.25, -0.2) is 0 Å². The van der Waals surface area contributed by atoms with E-state index in [0.29, 0.717) is 11.1 Å². The molecule has 114 valence electrons. The first kappa shape index (κ1) is 14.0. The van der Waals surface area contributed by atoms with Crippen molar-refractivity contribution in [1.82, 2.24) is 4.98 Å². The fraction of sp³-hybridized carbons (Fsp3) is 0. The first-order valence-electron chi connectivity index (χ1n) is 7.42. The van der Waals surface area contributed by atoms with Gasteiger partial charge in [0.05, 0.1) is 22.7 Å². The number of rotatable bonds is 2. The molecule has 0 saturated heterocycles. The van der Waals surface area contributed by atoms with Gasteiger partial charge in [-0.2, -0.15) is 5.26 Å². The van der Waals surface area contributed by atoms with E-state index >= 15 is 0 Å². The van der Waals surface area contributed by atoms with Crippen LogP contribution in [0.2, 0.25) is 0 Å². The molecule has 0 fully saturated rings. The summed E-state index contributed by atoms with van der Waals surface area (Å²) in [5, 5.41) is 15.8. The molecule has 0 radical (unpaired) electrons. The average molecular weight is 312 g/mol. The zero-order valence-corrected chi connectivity index (χ0v) is 12.6. The van der Waals surface area contributed by atoms with Gasteiger partial charge in [0, 0.05) is 34.7 Å². The molecule has 0 bridgehead atoms. The molecule has 0 saturated carbocycles. The fourth-order valence-electron chi connectivity index (χ4n) is 2.78. The van der Waals surface area contributed by atoms with Crippen molar-refractivity contribution in [3.63, 3.8) is 0 Å². The lowest BCUT2D eigenvalue weighted by Gasteiger charge is -2.05. The van der Waals surface area contributed by atoms with Gasteiger partial charge in [0.2, 0.25) is 0 Å². The van der Waals surface area contributed by atoms with Gasteiger partial charge in [-0.1, -0.05) is 6.07 Å². The van der Waals surface area contributed by atoms with E-state index in [-0.39, 0.29) is 5.91 Å². The lowest BCUT2D eigenvalue weighted by molar-refractivity contribution is -0.110. The van der Waals surface area contributed by atoms with Crippen LogP contribution in [0.15, 0.2) is 60.9 Å². The maximum Gasteiger partial charge on any atom is 0.257 e. The van der Waals surface area contributed by atoms with E-state index in [2.05, 4.69) is 21.7 Å². The number of pyridine rings is 1. The smallest absolute Gasteiger partial charge is 0.257 e. The Hall–Kier alpha value is -3.65. The van der Waals surface area contributed by atoms with E-state index in [4.69, 9.17) is 5.26 Å². The summed E-state index contributed by atoms with van der Waals surface area (Å²) >= 11 is 0. The van der Waals surface area contributed by atoms with Crippen LogP contribution >= 0.6 is 0 Å². The van der Waals surface area contributed by atoms with Crippen molar-refractivity contribution in [2.45, 2.75) is 0 Å². The van der Waals surface area contributed by atoms with Crippen LogP contribution in [-0.4, -0.2) is 10.9 Å². The van der Waals surface area contributed by atoms with Gasteiger partial charge >= 0.3 is 0 Å². The van der Waals surface area contributed by atoms with E-state index in [9.17, 15) is 4.79 Å². The Morgan fingerprint density at radius 1 is 1.12 bits per heavy atom. The second-order valence-corrected chi connectivity index (χ2v) is 5.40. The molecule has 1 aliphatic rings. The average Bonchev–Trinajstić information content (AvgIpc) is 2.96. The zero-order valence-electron chi connectivity index (χ0n) is 12.6. The van der Waals surface area contributed by atoms with Gasteiger partial charge in [0.1, 0.15) is 0 Å². The SMILES string of the molecule is N#Cc1ccc(N/C=C2\C(=O)Nc3ccc4ncccc4c32)cc1. The molecule has 2 heterocycles. The minimum absolute atomic E-state index is 0.150. The van der Waals surface area contributed by atoms with Crippen molar-refractivity contribution in [3.05, 3.63) is 72.1 Å². The molecule has 4 rings (SSSR count). The van der Waals surface area contributed by atoms with Crippen LogP contribution < -0.4 is 10.6 Å². The van der Waals surface area contributed by atoms with E-state index in [1.807, 2.05) is 24.3 Å². The third-order valence-electron chi connectivity index (χ3n) is 3.94. The molecule has 1 aliphatic heterocycles. The number of amides is 1. The summed E-state index contributed by atoms with van der Waals surface area (Å²) in [6, 6.07) is 16.7. The summed E-state index contributed by atoms with van der Waals surface area (Å²) in [4.78, 5) is 16.7. The van der Waals surface area contributed by atoms with E-state index in [0.717, 1.165) is 27.8 Å². The summed E-state index contributed by atoms with van der Waals surface area (Å²) < 4.78 is 0. The largest absolute Gasteiger partial charge is 0.361 e. The van der Waals surface area contributed by atoms with Crippen LogP contribution in [0, 0.1) is 11.3 Å². The van der Waals surface area contributed by atoms with Crippen LogP contribution in [0.4, 0.5) is 11.4 Å². The Morgan fingerprint density at radius 2 is 1.96 bits per heavy atom. The molecule has 0 aliphatic carbocycles. The molecule has 1 aromatic heterocycles. The maximum absolute atomic E-state index is 12.3. The van der Waals surface area contributed by atoms with Crippen LogP contribution in [0.5, 0.6) is 0 Å². The topological polar surface area (TPSA) is 77.8 Å². The summed E-state index contributed by atoms with van der Waals surface area (Å²) in [5.41, 5.74) is 4.44. The Balaban J connectivity index is 1.75. The molecule has 5 nitrogen and oxygen atoms in total. The molecule has 1 amide bonds. The summed E-state index contributed by atoms with van der Waals surface area (Å²) in [6.45, 7) is 0. The van der Waals surface area contributed by atoms with Crippen molar-refractivity contribution in [1.29, 1.82) is 5.26 Å². The van der Waals surface area contributed by atoms with Gasteiger partial charge in [-0.05, 0) is 42.5 Å². The van der Waals surface area contributed by atoms with E-state index in [1.165, 1.54) is 0 Å². The molecular weight excluding hydrogens is 300 g/mol. The lowest BCUT2D eigenvalue weighted by atomic mass is 10.0. The molecular formula is C19H12N4O. The number of carbonyl (C=O) groups excluding carboxylic acids is 1. The van der Waals surface area contributed by atoms with Crippen LogP contribution in [0.1, 0.15) is 11.1 Å². The first-order valence-corrected chi connectivity index (χ1v) is 7.42. The number of hydrogen-bond donors (Lipinski definition) is 2. The van der Waals surface area contributed by atoms with Crippen molar-refractivity contribution in [2.75, 3.05) is 10.6 Å². The number of hydrogen-bond acceptors (Lipinski definition) is 4. The highest BCUT2D eigenvalue weighted by Gasteiger charge is 2.26. The van der Waals surface area contributed by atoms with Crippen molar-refractivity contribution < 1.29 is 4.79 Å². The number of nitrogens with zero attached hydrogens (tertiary/aromatic N) is 2. The second kappa shape index (κ2) is 5.52. The number of aromatic nitrogens is 1. The third kappa shape index (κ3) is 2.27. The van der Waals surface area contributed by atoms with Gasteiger partial charge in [-0.3, -0.25) is 9.78 Å². The third-order valence-corrected chi connectivity index (χ3v) is 3.94. The Bertz CT molecular complexity index is 1030. The molecule has 24 heavy (non-hydrogen) atoms. The minimum atomic E-state index is -0.150. The fourth-order valence-corrected chi connectivity index (χ4v) is 2.78. The highest BCUT2D eigenvalue weighted by molar-refractivity contribution is 6.34. The standard InChI is InChI=1S/C19H12N4O/c20-10-12-3-5-13(6-4-12)22-11-15-18-14-2-1-9-21-16(14)7-8-17(18)23-19(15)24/h1-9,11,22H,(H,23,24)/b15-11-. The number of nitriles is 1. The van der Waals surface area contributed by atoms with E-state index < -0.39 is 0 Å². The molecule has 5 heteroatoms. The summed E-state index contributed by atoms with van der Waals surface area (Å²) in [7, 11) is 0. The Morgan fingerprint density at radius 3 is 2.75 bits per heavy atom. The molecule has 2 aromatic carbocycles. The highest BCUT2D eigenvalue weighted by Crippen LogP contribution is 2.36. The van der Waals surface area contributed by atoms with Crippen molar-refractivity contribution >= 4 is 33.8 Å². The van der Waals surface area contributed by atoms with Gasteiger partial charge in [0.15, 0.2) is 0 Å². The van der Waals surface area contributed by atoms with Gasteiger partial charge in [-0.15, -0.1) is 0 Å². The quantitative estimate of drug-likeness (QED) is 0.710. The van der Waals surface area contributed by atoms with Gasteiger partial charge in [0.25, 0.3) is 5.91 Å². The lowest BCUT2D eigenvalue weighted by Crippen LogP contribution is -2.05. The van der Waals surface area contributed by atoms with Gasteiger partial charge < -0.3 is 10.6 Å². The molecule has 0 atom stereocenters. The number of fused-ring (bicyclic) bond motifs is 3. The summed E-state index contributed by atoms with van der Waals surface area (Å²) in [6.07, 6.45) is 3.42. The Kier molecular flexibility index (Phi) is 3.22. The molecule has 2 N–H and O–H groups in total. The number of anilines is 2. The normalized spacial score (nSPS) is 14.3. The monoisotopic (exact) mass is 312 g/mol. The second-order valence-electron chi connectivity index (χ2n) is 5.40. The molecule has 0 spiro atoms. The number of benzene rings is 2. The van der Waals surface area contributed by atoms with Crippen molar-refractivity contribution in [2.24, 2.45) is 0 Å².